The van der Waals surface area contributed by atoms with Crippen molar-refractivity contribution in [2.24, 2.45) is 0 Å². The zero-order valence-electron chi connectivity index (χ0n) is 16.4. The highest BCUT2D eigenvalue weighted by atomic mass is 19.1. The minimum atomic E-state index is -0.290. The molecule has 2 aromatic carbocycles. The maximum Gasteiger partial charge on any atom is 0.251 e. The minimum Gasteiger partial charge on any atom is -0.443 e. The van der Waals surface area contributed by atoms with Crippen LogP contribution < -0.4 is 5.32 Å². The smallest absolute Gasteiger partial charge is 0.251 e. The summed E-state index contributed by atoms with van der Waals surface area (Å²) in [5.41, 5.74) is 1.04. The fourth-order valence-electron chi connectivity index (χ4n) is 3.66. The van der Waals surface area contributed by atoms with Gasteiger partial charge in [-0.3, -0.25) is 9.59 Å². The molecule has 2 amide bonds. The van der Waals surface area contributed by atoms with Crippen molar-refractivity contribution in [3.63, 3.8) is 0 Å². The molecule has 0 spiro atoms. The number of nitrogens with one attached hydrogen (secondary N) is 1. The Bertz CT molecular complexity index is 1030. The summed E-state index contributed by atoms with van der Waals surface area (Å²) in [7, 11) is 0. The third-order valence-electron chi connectivity index (χ3n) is 5.19. The summed E-state index contributed by atoms with van der Waals surface area (Å²) in [6.45, 7) is 0.489. The van der Waals surface area contributed by atoms with Crippen molar-refractivity contribution in [2.75, 3.05) is 13.1 Å². The monoisotopic (exact) mass is 407 g/mol. The average Bonchev–Trinajstić information content (AvgIpc) is 3.43. The van der Waals surface area contributed by atoms with Gasteiger partial charge in [-0.1, -0.05) is 36.4 Å². The van der Waals surface area contributed by atoms with Crippen molar-refractivity contribution >= 4 is 11.8 Å². The zero-order chi connectivity index (χ0) is 20.9. The van der Waals surface area contributed by atoms with Crippen LogP contribution in [0.4, 0.5) is 4.39 Å². The maximum atomic E-state index is 13.9. The van der Waals surface area contributed by atoms with E-state index < -0.39 is 0 Å². The molecule has 0 saturated carbocycles. The highest BCUT2D eigenvalue weighted by molar-refractivity contribution is 5.96. The van der Waals surface area contributed by atoms with Gasteiger partial charge in [-0.2, -0.15) is 0 Å². The van der Waals surface area contributed by atoms with Crippen LogP contribution in [0.2, 0.25) is 0 Å². The topological polar surface area (TPSA) is 75.4 Å². The van der Waals surface area contributed by atoms with Gasteiger partial charge in [0.25, 0.3) is 5.91 Å². The quantitative estimate of drug-likeness (QED) is 0.679. The van der Waals surface area contributed by atoms with Crippen LogP contribution in [0.15, 0.2) is 65.2 Å². The van der Waals surface area contributed by atoms with E-state index in [4.69, 9.17) is 4.42 Å². The number of likely N-dealkylation sites (tertiary alicyclic amines) is 1. The number of rotatable bonds is 6. The van der Waals surface area contributed by atoms with E-state index in [9.17, 15) is 14.0 Å². The molecule has 1 atom stereocenters. The van der Waals surface area contributed by atoms with Crippen LogP contribution in [0.25, 0.3) is 0 Å². The van der Waals surface area contributed by atoms with Crippen molar-refractivity contribution in [3.05, 3.63) is 89.4 Å². The number of hydrogen-bond acceptors (Lipinski definition) is 4. The highest BCUT2D eigenvalue weighted by Gasteiger charge is 2.33. The first-order valence-electron chi connectivity index (χ1n) is 9.92. The minimum absolute atomic E-state index is 0.0903. The van der Waals surface area contributed by atoms with Crippen LogP contribution >= 0.6 is 0 Å². The first kappa shape index (κ1) is 19.8. The number of carbonyl (C=O) groups is 2. The Morgan fingerprint density at radius 1 is 1.13 bits per heavy atom. The first-order chi connectivity index (χ1) is 14.6. The van der Waals surface area contributed by atoms with Gasteiger partial charge < -0.3 is 14.6 Å². The van der Waals surface area contributed by atoms with E-state index in [2.05, 4.69) is 10.3 Å². The van der Waals surface area contributed by atoms with Gasteiger partial charge >= 0.3 is 0 Å². The lowest BCUT2D eigenvalue weighted by Gasteiger charge is -2.22. The molecule has 3 aromatic rings. The van der Waals surface area contributed by atoms with E-state index in [0.29, 0.717) is 35.7 Å². The lowest BCUT2D eigenvalue weighted by molar-refractivity contribution is -0.131. The molecule has 154 valence electrons. The van der Waals surface area contributed by atoms with E-state index in [1.807, 2.05) is 6.07 Å². The number of amides is 2. The van der Waals surface area contributed by atoms with Gasteiger partial charge in [-0.15, -0.1) is 0 Å². The average molecular weight is 407 g/mol. The Labute approximate surface area is 173 Å². The lowest BCUT2D eigenvalue weighted by atomic mass is 10.1. The number of hydrogen-bond donors (Lipinski definition) is 1. The zero-order valence-corrected chi connectivity index (χ0v) is 16.4. The second-order valence-corrected chi connectivity index (χ2v) is 7.23. The van der Waals surface area contributed by atoms with Crippen molar-refractivity contribution in [1.82, 2.24) is 15.2 Å². The molecule has 1 aliphatic rings. The van der Waals surface area contributed by atoms with Crippen LogP contribution in [-0.2, 0) is 11.2 Å². The van der Waals surface area contributed by atoms with Crippen molar-refractivity contribution in [1.29, 1.82) is 0 Å². The molecule has 1 aliphatic heterocycles. The first-order valence-corrected chi connectivity index (χ1v) is 9.92. The number of carbonyl (C=O) groups excluding carboxylic acids is 2. The Hall–Kier alpha value is -3.48. The van der Waals surface area contributed by atoms with Gasteiger partial charge in [0, 0.05) is 18.5 Å². The summed E-state index contributed by atoms with van der Waals surface area (Å²) in [5.74, 6) is 0.231. The highest BCUT2D eigenvalue weighted by Crippen LogP contribution is 2.32. The molecule has 30 heavy (non-hydrogen) atoms. The third-order valence-corrected chi connectivity index (χ3v) is 5.19. The fraction of sp³-hybridized carbons (Fsp3) is 0.261. The molecule has 0 aliphatic carbocycles. The van der Waals surface area contributed by atoms with Crippen LogP contribution in [0, 0.1) is 5.82 Å². The molecule has 6 nitrogen and oxygen atoms in total. The molecule has 4 rings (SSSR count). The third kappa shape index (κ3) is 4.40. The molecule has 1 N–H and O–H groups in total. The molecular formula is C23H22FN3O3. The second-order valence-electron chi connectivity index (χ2n) is 7.23. The largest absolute Gasteiger partial charge is 0.443 e. The fourth-order valence-corrected chi connectivity index (χ4v) is 3.66. The summed E-state index contributed by atoms with van der Waals surface area (Å²) >= 11 is 0. The molecule has 0 radical (unpaired) electrons. The Kier molecular flexibility index (Phi) is 5.88. The summed E-state index contributed by atoms with van der Waals surface area (Å²) in [6, 6.07) is 15.0. The van der Waals surface area contributed by atoms with Gasteiger partial charge in [0.2, 0.25) is 11.8 Å². The van der Waals surface area contributed by atoms with Gasteiger partial charge in [0.05, 0.1) is 12.7 Å². The van der Waals surface area contributed by atoms with Gasteiger partial charge in [-0.25, -0.2) is 9.37 Å². The molecule has 1 saturated heterocycles. The van der Waals surface area contributed by atoms with Crippen LogP contribution in [0.5, 0.6) is 0 Å². The number of aromatic nitrogens is 1. The van der Waals surface area contributed by atoms with E-state index >= 15 is 0 Å². The Morgan fingerprint density at radius 2 is 1.90 bits per heavy atom. The van der Waals surface area contributed by atoms with E-state index in [1.165, 1.54) is 6.07 Å². The van der Waals surface area contributed by atoms with Crippen LogP contribution in [-0.4, -0.2) is 34.8 Å². The summed E-state index contributed by atoms with van der Waals surface area (Å²) in [6.07, 6.45) is 3.44. The predicted octanol–water partition coefficient (Wildman–Crippen LogP) is 3.50. The molecule has 7 heteroatoms. The number of oxazole rings is 1. The van der Waals surface area contributed by atoms with Crippen LogP contribution in [0.1, 0.15) is 46.5 Å². The summed E-state index contributed by atoms with van der Waals surface area (Å²) < 4.78 is 19.7. The molecular weight excluding hydrogens is 385 g/mol. The van der Waals surface area contributed by atoms with Crippen LogP contribution in [0.3, 0.4) is 0 Å². The van der Waals surface area contributed by atoms with Crippen molar-refractivity contribution in [3.8, 4) is 0 Å². The van der Waals surface area contributed by atoms with E-state index in [-0.39, 0.29) is 30.2 Å². The molecule has 1 fully saturated rings. The molecule has 2 heterocycles. The number of nitrogens with zero attached hydrogens (tertiary/aromatic N) is 2. The molecule has 0 bridgehead atoms. The Morgan fingerprint density at radius 3 is 2.70 bits per heavy atom. The van der Waals surface area contributed by atoms with E-state index in [0.717, 1.165) is 12.8 Å². The summed E-state index contributed by atoms with van der Waals surface area (Å²) in [4.78, 5) is 30.9. The SMILES string of the molecule is O=C(NCC(=O)N1CCCC1c1ncc(Cc2ccccc2F)o1)c1ccccc1. The van der Waals surface area contributed by atoms with Gasteiger partial charge in [-0.05, 0) is 36.6 Å². The normalized spacial score (nSPS) is 15.9. The standard InChI is InChI=1S/C23H22FN3O3/c24-19-10-5-4-9-17(19)13-18-14-26-23(30-18)20-11-6-12-27(20)21(28)15-25-22(29)16-7-2-1-3-8-16/h1-5,7-10,14,20H,6,11-13,15H2,(H,25,29). The predicted molar refractivity (Wildman–Crippen MR) is 108 cm³/mol. The van der Waals surface area contributed by atoms with E-state index in [1.54, 1.807) is 53.6 Å². The maximum absolute atomic E-state index is 13.9. The second kappa shape index (κ2) is 8.90. The van der Waals surface area contributed by atoms with Gasteiger partial charge in [0.15, 0.2) is 0 Å². The molecule has 1 unspecified atom stereocenters. The number of halogens is 1. The van der Waals surface area contributed by atoms with Crippen molar-refractivity contribution < 1.29 is 18.4 Å². The lowest BCUT2D eigenvalue weighted by Crippen LogP contribution is -2.39. The van der Waals surface area contributed by atoms with Gasteiger partial charge in [0.1, 0.15) is 17.6 Å². The number of benzene rings is 2. The van der Waals surface area contributed by atoms with Crippen molar-refractivity contribution in [2.45, 2.75) is 25.3 Å². The Balaban J connectivity index is 1.39. The summed E-state index contributed by atoms with van der Waals surface area (Å²) in [5, 5.41) is 2.67. The molecule has 1 aromatic heterocycles.